The van der Waals surface area contributed by atoms with Gasteiger partial charge in [-0.05, 0) is 90.4 Å². The van der Waals surface area contributed by atoms with Gasteiger partial charge in [-0.2, -0.15) is 0 Å². The molecule has 0 saturated carbocycles. The van der Waals surface area contributed by atoms with Crippen LogP contribution in [0.3, 0.4) is 0 Å². The molecule has 0 unspecified atom stereocenters. The zero-order valence-electron chi connectivity index (χ0n) is 28.7. The molecule has 2 N–H and O–H groups in total. The molecule has 0 amide bonds. The summed E-state index contributed by atoms with van der Waals surface area (Å²) in [6.07, 6.45) is 3.46. The molecule has 9 heteroatoms. The fraction of sp³-hybridized carbons (Fsp3) is 0.316. The van der Waals surface area contributed by atoms with Crippen LogP contribution in [0.5, 0.6) is 11.5 Å². The van der Waals surface area contributed by atoms with Crippen molar-refractivity contribution < 1.29 is 46.8 Å². The van der Waals surface area contributed by atoms with Crippen molar-refractivity contribution in [3.05, 3.63) is 94.0 Å². The zero-order chi connectivity index (χ0) is 35.0. The Morgan fingerprint density at radius 3 is 1.28 bits per heavy atom. The molecular formula is C38H44CoN2O6. The average Bonchev–Trinajstić information content (AvgIpc) is 2.92. The number of nitrogens with zero attached hydrogens (tertiary/aromatic N) is 2. The molecule has 0 atom stereocenters. The smallest absolute Gasteiger partial charge is 0.550 e. The van der Waals surface area contributed by atoms with Gasteiger partial charge in [0.1, 0.15) is 11.5 Å². The number of carbonyl (C=O) groups excluding carboxylic acids is 2. The standard InChI is InChI=1S/C34H38N2O2.2C2H4O2.Co/c1-21-15-26(33(3,4)5)17-24(31(21)37)19-35-28-13-9-11-23-12-10-14-29(30(23)28)36-20-25-18-27(34(6,7)8)16-22(2)32(25)38;2*1-2(3)4;/h9-20,37-38H,1-8H3;2*1H3,(H,3,4);/q;;;+2/p-2. The maximum Gasteiger partial charge on any atom is 2.00 e. The number of carbonyl (C=O) groups is 2. The Kier molecular flexibility index (Phi) is 14.6. The van der Waals surface area contributed by atoms with Crippen molar-refractivity contribution in [1.29, 1.82) is 0 Å². The summed E-state index contributed by atoms with van der Waals surface area (Å²) in [6, 6.07) is 20.0. The molecule has 0 bridgehead atoms. The van der Waals surface area contributed by atoms with Crippen molar-refractivity contribution in [2.45, 2.75) is 80.1 Å². The topological polar surface area (TPSA) is 145 Å². The first-order valence-corrected chi connectivity index (χ1v) is 14.9. The van der Waals surface area contributed by atoms with Crippen LogP contribution in [0.4, 0.5) is 11.4 Å². The molecule has 0 aliphatic heterocycles. The van der Waals surface area contributed by atoms with E-state index in [0.29, 0.717) is 11.1 Å². The second-order valence-electron chi connectivity index (χ2n) is 13.1. The maximum atomic E-state index is 10.7. The summed E-state index contributed by atoms with van der Waals surface area (Å²) in [5, 5.41) is 41.2. The van der Waals surface area contributed by atoms with E-state index in [0.717, 1.165) is 58.2 Å². The van der Waals surface area contributed by atoms with E-state index in [-0.39, 0.29) is 39.1 Å². The predicted octanol–water partition coefficient (Wildman–Crippen LogP) is 6.47. The number of phenolic OH excluding ortho intramolecular Hbond substituents is 2. The van der Waals surface area contributed by atoms with Crippen LogP contribution >= 0.6 is 0 Å². The van der Waals surface area contributed by atoms with E-state index < -0.39 is 11.9 Å². The molecule has 0 aliphatic rings. The van der Waals surface area contributed by atoms with Crippen LogP contribution in [0.2, 0.25) is 0 Å². The molecule has 1 radical (unpaired) electrons. The molecule has 251 valence electrons. The summed E-state index contributed by atoms with van der Waals surface area (Å²) in [5.74, 6) is -1.69. The Morgan fingerprint density at radius 2 is 0.979 bits per heavy atom. The summed E-state index contributed by atoms with van der Waals surface area (Å²) in [4.78, 5) is 27.4. The van der Waals surface area contributed by atoms with Crippen molar-refractivity contribution in [2.75, 3.05) is 0 Å². The zero-order valence-corrected chi connectivity index (χ0v) is 29.7. The minimum Gasteiger partial charge on any atom is -0.550 e. The number of rotatable bonds is 4. The Hall–Kier alpha value is -4.47. The molecule has 8 nitrogen and oxygen atoms in total. The minimum atomic E-state index is -1.08. The number of aliphatic imine (C=N–C) groups is 2. The molecule has 0 aromatic heterocycles. The largest absolute Gasteiger partial charge is 2.00 e. The van der Waals surface area contributed by atoms with Crippen LogP contribution in [-0.2, 0) is 37.2 Å². The minimum absolute atomic E-state index is 0. The number of fused-ring (bicyclic) bond motifs is 1. The number of benzene rings is 4. The summed E-state index contributed by atoms with van der Waals surface area (Å²) in [7, 11) is 0. The summed E-state index contributed by atoms with van der Waals surface area (Å²) in [6.45, 7) is 18.7. The number of aliphatic carboxylic acids is 2. The van der Waals surface area contributed by atoms with Gasteiger partial charge in [0, 0.05) is 40.9 Å². The first kappa shape index (κ1) is 40.6. The van der Waals surface area contributed by atoms with Gasteiger partial charge >= 0.3 is 16.8 Å². The third kappa shape index (κ3) is 12.0. The van der Waals surface area contributed by atoms with Gasteiger partial charge in [0.25, 0.3) is 0 Å². The number of carboxylic acids is 2. The third-order valence-corrected chi connectivity index (χ3v) is 6.94. The van der Waals surface area contributed by atoms with E-state index in [2.05, 4.69) is 41.5 Å². The van der Waals surface area contributed by atoms with E-state index in [1.54, 1.807) is 12.4 Å². The summed E-state index contributed by atoms with van der Waals surface area (Å²) < 4.78 is 0. The second-order valence-corrected chi connectivity index (χ2v) is 13.1. The van der Waals surface area contributed by atoms with E-state index in [1.165, 1.54) is 0 Å². The van der Waals surface area contributed by atoms with Crippen molar-refractivity contribution in [3.63, 3.8) is 0 Å². The van der Waals surface area contributed by atoms with Crippen LogP contribution < -0.4 is 10.2 Å². The Bertz CT molecular complexity index is 1650. The van der Waals surface area contributed by atoms with Gasteiger partial charge in [-0.3, -0.25) is 9.98 Å². The van der Waals surface area contributed by atoms with Gasteiger partial charge in [-0.25, -0.2) is 0 Å². The van der Waals surface area contributed by atoms with Crippen LogP contribution in [0.25, 0.3) is 10.8 Å². The molecule has 0 heterocycles. The molecular weight excluding hydrogens is 639 g/mol. The van der Waals surface area contributed by atoms with E-state index >= 15 is 0 Å². The number of phenols is 2. The van der Waals surface area contributed by atoms with Crippen LogP contribution in [0.1, 0.15) is 88.8 Å². The van der Waals surface area contributed by atoms with Crippen molar-refractivity contribution >= 4 is 46.5 Å². The summed E-state index contributed by atoms with van der Waals surface area (Å²) in [5.41, 5.74) is 6.75. The van der Waals surface area contributed by atoms with Gasteiger partial charge in [-0.1, -0.05) is 77.9 Å². The fourth-order valence-corrected chi connectivity index (χ4v) is 4.47. The maximum absolute atomic E-state index is 10.7. The first-order chi connectivity index (χ1) is 21.2. The Morgan fingerprint density at radius 1 is 0.660 bits per heavy atom. The molecule has 0 fully saturated rings. The van der Waals surface area contributed by atoms with Gasteiger partial charge in [0.15, 0.2) is 0 Å². The first-order valence-electron chi connectivity index (χ1n) is 14.9. The molecule has 47 heavy (non-hydrogen) atoms. The fourth-order valence-electron chi connectivity index (χ4n) is 4.47. The predicted molar refractivity (Wildman–Crippen MR) is 183 cm³/mol. The number of hydrogen-bond donors (Lipinski definition) is 2. The average molecular weight is 684 g/mol. The second kappa shape index (κ2) is 16.9. The van der Waals surface area contributed by atoms with Crippen LogP contribution in [0.15, 0.2) is 70.6 Å². The van der Waals surface area contributed by atoms with Crippen LogP contribution in [0, 0.1) is 13.8 Å². The molecule has 0 aliphatic carbocycles. The van der Waals surface area contributed by atoms with Gasteiger partial charge in [-0.15, -0.1) is 0 Å². The van der Waals surface area contributed by atoms with E-state index in [1.807, 2.05) is 74.5 Å². The van der Waals surface area contributed by atoms with Crippen molar-refractivity contribution in [3.8, 4) is 11.5 Å². The quantitative estimate of drug-likeness (QED) is 0.236. The molecule has 0 saturated heterocycles. The third-order valence-electron chi connectivity index (χ3n) is 6.94. The number of aromatic hydroxyl groups is 2. The molecule has 4 aromatic carbocycles. The van der Waals surface area contributed by atoms with Crippen LogP contribution in [-0.4, -0.2) is 34.6 Å². The normalized spacial score (nSPS) is 11.4. The van der Waals surface area contributed by atoms with Gasteiger partial charge < -0.3 is 30.0 Å². The van der Waals surface area contributed by atoms with Gasteiger partial charge in [0.05, 0.1) is 11.4 Å². The molecule has 4 rings (SSSR count). The van der Waals surface area contributed by atoms with Crippen molar-refractivity contribution in [2.24, 2.45) is 9.98 Å². The van der Waals surface area contributed by atoms with Gasteiger partial charge in [0.2, 0.25) is 0 Å². The molecule has 0 spiro atoms. The summed E-state index contributed by atoms with van der Waals surface area (Å²) >= 11 is 0. The number of hydrogen-bond acceptors (Lipinski definition) is 8. The van der Waals surface area contributed by atoms with Crippen molar-refractivity contribution in [1.82, 2.24) is 0 Å². The monoisotopic (exact) mass is 683 g/mol. The number of carboxylic acid groups (broad SMARTS) is 2. The SMILES string of the molecule is CC(=O)[O-].CC(=O)[O-].Cc1cc(C(C)(C)C)cc(C=Nc2cccc3cccc(N=Cc4cc(C(C)(C)C)cc(C)c4O)c23)c1O.[Co+2]. The Labute approximate surface area is 288 Å². The van der Waals surface area contributed by atoms with E-state index in [9.17, 15) is 10.2 Å². The molecule has 4 aromatic rings. The Balaban J connectivity index is 0.00000110. The number of aryl methyl sites for hydroxylation is 2. The van der Waals surface area contributed by atoms with E-state index in [4.69, 9.17) is 29.8 Å².